The Hall–Kier alpha value is -2.38. The van der Waals surface area contributed by atoms with E-state index in [1.54, 1.807) is 12.1 Å². The minimum Gasteiger partial charge on any atom is -0.487 e. The number of ether oxygens (including phenoxy) is 1. The third-order valence-electron chi connectivity index (χ3n) is 5.94. The highest BCUT2D eigenvalue weighted by Gasteiger charge is 2.42. The van der Waals surface area contributed by atoms with Crippen LogP contribution in [-0.4, -0.2) is 27.0 Å². The van der Waals surface area contributed by atoms with Crippen molar-refractivity contribution >= 4 is 15.9 Å². The number of carbonyl (C=O) groups excluding carboxylic acids is 1. The Balaban J connectivity index is 1.61. The number of nitrogens with one attached hydrogen (secondary N) is 2. The van der Waals surface area contributed by atoms with E-state index in [0.29, 0.717) is 5.56 Å². The molecular weight excluding hydrogens is 388 g/mol. The van der Waals surface area contributed by atoms with Gasteiger partial charge < -0.3 is 10.1 Å². The van der Waals surface area contributed by atoms with Gasteiger partial charge in [-0.3, -0.25) is 4.79 Å². The Bertz CT molecular complexity index is 1010. The first-order valence-corrected chi connectivity index (χ1v) is 11.5. The molecule has 0 bridgehead atoms. The van der Waals surface area contributed by atoms with Gasteiger partial charge in [0.15, 0.2) is 0 Å². The molecule has 1 saturated carbocycles. The number of rotatable bonds is 4. The Morgan fingerprint density at radius 3 is 2.59 bits per heavy atom. The summed E-state index contributed by atoms with van der Waals surface area (Å²) in [5, 5.41) is 3.13. The molecule has 2 aromatic rings. The molecule has 29 heavy (non-hydrogen) atoms. The van der Waals surface area contributed by atoms with Crippen molar-refractivity contribution in [3.8, 4) is 5.75 Å². The van der Waals surface area contributed by atoms with Crippen LogP contribution in [0.1, 0.15) is 60.5 Å². The zero-order valence-corrected chi connectivity index (χ0v) is 17.3. The first kappa shape index (κ1) is 19.9. The van der Waals surface area contributed by atoms with Gasteiger partial charge in [-0.1, -0.05) is 30.7 Å². The largest absolute Gasteiger partial charge is 0.487 e. The number of benzene rings is 2. The summed E-state index contributed by atoms with van der Waals surface area (Å²) in [7, 11) is -2.26. The number of carbonyl (C=O) groups is 1. The Morgan fingerprint density at radius 1 is 1.07 bits per heavy atom. The quantitative estimate of drug-likeness (QED) is 0.801. The topological polar surface area (TPSA) is 84.5 Å². The van der Waals surface area contributed by atoms with Crippen molar-refractivity contribution in [1.82, 2.24) is 10.0 Å². The van der Waals surface area contributed by atoms with Crippen LogP contribution in [0.15, 0.2) is 53.4 Å². The van der Waals surface area contributed by atoms with Crippen LogP contribution in [0.25, 0.3) is 0 Å². The lowest BCUT2D eigenvalue weighted by atomic mass is 9.77. The molecule has 1 atom stereocenters. The second-order valence-corrected chi connectivity index (χ2v) is 9.74. The van der Waals surface area contributed by atoms with Gasteiger partial charge in [0, 0.05) is 17.5 Å². The number of hydrogen-bond donors (Lipinski definition) is 2. The van der Waals surface area contributed by atoms with Gasteiger partial charge in [-0.05, 0) is 57.0 Å². The normalized spacial score (nSPS) is 20.5. The molecule has 6 nitrogen and oxygen atoms in total. The molecule has 1 heterocycles. The highest BCUT2D eigenvalue weighted by molar-refractivity contribution is 7.89. The van der Waals surface area contributed by atoms with Crippen LogP contribution in [0.5, 0.6) is 5.75 Å². The molecule has 4 rings (SSSR count). The molecule has 2 N–H and O–H groups in total. The van der Waals surface area contributed by atoms with Crippen molar-refractivity contribution < 1.29 is 17.9 Å². The molecule has 1 aliphatic carbocycles. The highest BCUT2D eigenvalue weighted by atomic mass is 32.2. The van der Waals surface area contributed by atoms with E-state index in [1.807, 2.05) is 24.3 Å². The van der Waals surface area contributed by atoms with E-state index in [2.05, 4.69) is 10.0 Å². The lowest BCUT2D eigenvalue weighted by Gasteiger charge is -2.44. The van der Waals surface area contributed by atoms with Crippen LogP contribution in [0.4, 0.5) is 0 Å². The maximum Gasteiger partial charge on any atom is 0.251 e. The smallest absolute Gasteiger partial charge is 0.251 e. The zero-order chi connectivity index (χ0) is 20.5. The first-order chi connectivity index (χ1) is 13.9. The maximum atomic E-state index is 13.0. The SMILES string of the molecule is CNS(=O)(=O)c1cccc(C(=O)N[C@@H]2CC3(CCCCC3)Oc3ccccc32)c1. The van der Waals surface area contributed by atoms with Crippen molar-refractivity contribution in [2.75, 3.05) is 7.05 Å². The fraction of sp³-hybridized carbons (Fsp3) is 0.409. The summed E-state index contributed by atoms with van der Waals surface area (Å²) in [5.74, 6) is 0.545. The number of sulfonamides is 1. The molecule has 154 valence electrons. The maximum absolute atomic E-state index is 13.0. The lowest BCUT2D eigenvalue weighted by molar-refractivity contribution is -0.00210. The molecule has 1 fully saturated rings. The summed E-state index contributed by atoms with van der Waals surface area (Å²) in [4.78, 5) is 13.1. The third kappa shape index (κ3) is 4.02. The Morgan fingerprint density at radius 2 is 1.83 bits per heavy atom. The second-order valence-electron chi connectivity index (χ2n) is 7.85. The average Bonchev–Trinajstić information content (AvgIpc) is 2.74. The molecule has 2 aromatic carbocycles. The summed E-state index contributed by atoms with van der Waals surface area (Å²) < 4.78 is 32.8. The van der Waals surface area contributed by atoms with E-state index >= 15 is 0 Å². The van der Waals surface area contributed by atoms with Crippen LogP contribution >= 0.6 is 0 Å². The van der Waals surface area contributed by atoms with Crippen molar-refractivity contribution in [3.63, 3.8) is 0 Å². The fourth-order valence-electron chi connectivity index (χ4n) is 4.41. The van der Waals surface area contributed by atoms with Gasteiger partial charge in [0.05, 0.1) is 10.9 Å². The molecule has 0 aromatic heterocycles. The monoisotopic (exact) mass is 414 g/mol. The summed E-state index contributed by atoms with van der Waals surface area (Å²) in [6, 6.07) is 13.8. The summed E-state index contributed by atoms with van der Waals surface area (Å²) >= 11 is 0. The molecule has 0 unspecified atom stereocenters. The molecule has 1 amide bonds. The summed E-state index contributed by atoms with van der Waals surface area (Å²) in [5.41, 5.74) is 1.06. The van der Waals surface area contributed by atoms with Crippen molar-refractivity contribution in [3.05, 3.63) is 59.7 Å². The van der Waals surface area contributed by atoms with Gasteiger partial charge in [0.2, 0.25) is 10.0 Å². The number of hydrogen-bond acceptors (Lipinski definition) is 4. The van der Waals surface area contributed by atoms with Gasteiger partial charge >= 0.3 is 0 Å². The van der Waals surface area contributed by atoms with Crippen molar-refractivity contribution in [2.45, 2.75) is 55.1 Å². The van der Waals surface area contributed by atoms with Gasteiger partial charge in [0.1, 0.15) is 11.4 Å². The van der Waals surface area contributed by atoms with Crippen LogP contribution < -0.4 is 14.8 Å². The van der Waals surface area contributed by atoms with Gasteiger partial charge in [-0.25, -0.2) is 13.1 Å². The fourth-order valence-corrected chi connectivity index (χ4v) is 5.19. The zero-order valence-electron chi connectivity index (χ0n) is 16.5. The summed E-state index contributed by atoms with van der Waals surface area (Å²) in [6.45, 7) is 0. The van der Waals surface area contributed by atoms with Crippen LogP contribution in [0, 0.1) is 0 Å². The molecule has 0 saturated heterocycles. The van der Waals surface area contributed by atoms with E-state index in [4.69, 9.17) is 4.74 Å². The van der Waals surface area contributed by atoms with E-state index < -0.39 is 10.0 Å². The lowest BCUT2D eigenvalue weighted by Crippen LogP contribution is -2.46. The van der Waals surface area contributed by atoms with Crippen molar-refractivity contribution in [2.24, 2.45) is 0 Å². The average molecular weight is 415 g/mol. The highest BCUT2D eigenvalue weighted by Crippen LogP contribution is 2.46. The molecule has 0 radical (unpaired) electrons. The number of fused-ring (bicyclic) bond motifs is 1. The van der Waals surface area contributed by atoms with E-state index in [-0.39, 0.29) is 22.4 Å². The Labute approximate surface area is 171 Å². The minimum absolute atomic E-state index is 0.0729. The van der Waals surface area contributed by atoms with Gasteiger partial charge in [0.25, 0.3) is 5.91 Å². The third-order valence-corrected chi connectivity index (χ3v) is 7.35. The van der Waals surface area contributed by atoms with Crippen molar-refractivity contribution in [1.29, 1.82) is 0 Å². The molecular formula is C22H26N2O4S. The van der Waals surface area contributed by atoms with Crippen LogP contribution in [-0.2, 0) is 10.0 Å². The minimum atomic E-state index is -3.61. The number of amides is 1. The van der Waals surface area contributed by atoms with E-state index in [1.165, 1.54) is 25.6 Å². The van der Waals surface area contributed by atoms with Gasteiger partial charge in [-0.15, -0.1) is 0 Å². The number of para-hydroxylation sites is 1. The molecule has 1 aliphatic heterocycles. The summed E-state index contributed by atoms with van der Waals surface area (Å²) in [6.07, 6.45) is 6.19. The molecule has 7 heteroatoms. The van der Waals surface area contributed by atoms with Crippen LogP contribution in [0.3, 0.4) is 0 Å². The van der Waals surface area contributed by atoms with Gasteiger partial charge in [-0.2, -0.15) is 0 Å². The van der Waals surface area contributed by atoms with E-state index in [9.17, 15) is 13.2 Å². The molecule has 2 aliphatic rings. The predicted octanol–water partition coefficient (Wildman–Crippen LogP) is 3.55. The molecule has 1 spiro atoms. The Kier molecular flexibility index (Phi) is 5.36. The predicted molar refractivity (Wildman–Crippen MR) is 110 cm³/mol. The first-order valence-electron chi connectivity index (χ1n) is 10.0. The van der Waals surface area contributed by atoms with Crippen LogP contribution in [0.2, 0.25) is 0 Å². The second kappa shape index (κ2) is 7.80. The van der Waals surface area contributed by atoms with E-state index in [0.717, 1.165) is 43.4 Å². The standard InChI is InChI=1S/C22H26N2O4S/c1-23-29(26,27)17-9-7-8-16(14-17)21(25)24-19-15-22(12-5-2-6-13-22)28-20-11-4-3-10-18(19)20/h3-4,7-11,14,19,23H,2,5-6,12-13,15H2,1H3,(H,24,25)/t19-/m1/s1.